The van der Waals surface area contributed by atoms with Gasteiger partial charge in [0.05, 0.1) is 12.3 Å². The van der Waals surface area contributed by atoms with E-state index in [2.05, 4.69) is 170 Å². The van der Waals surface area contributed by atoms with Gasteiger partial charge in [-0.3, -0.25) is 0 Å². The summed E-state index contributed by atoms with van der Waals surface area (Å²) in [5, 5.41) is 4.95. The maximum Gasteiger partial charge on any atom is 0.187 e. The summed E-state index contributed by atoms with van der Waals surface area (Å²) in [5.74, 6) is 0.758. The average Bonchev–Trinajstić information content (AvgIpc) is 3.72. The van der Waals surface area contributed by atoms with Gasteiger partial charge in [0, 0.05) is 31.4 Å². The van der Waals surface area contributed by atoms with Crippen molar-refractivity contribution in [2.45, 2.75) is 13.1 Å². The molecule has 10 rings (SSSR count). The highest BCUT2D eigenvalue weighted by atomic mass is 32.1. The molecule has 0 aliphatic carbocycles. The first-order valence-corrected chi connectivity index (χ1v) is 22.0. The lowest BCUT2D eigenvalue weighted by molar-refractivity contribution is 1.21. The summed E-state index contributed by atoms with van der Waals surface area (Å²) in [5.41, 5.74) is 13.2. The van der Waals surface area contributed by atoms with Gasteiger partial charge in [-0.2, -0.15) is 0 Å². The zero-order chi connectivity index (χ0) is 36.4. The molecule has 1 aliphatic rings. The molecular formula is C49H33N3SSi. The lowest BCUT2D eigenvalue weighted by Gasteiger charge is -2.19. The van der Waals surface area contributed by atoms with E-state index in [1.54, 1.807) is 11.3 Å². The molecule has 3 nitrogen and oxygen atoms in total. The number of thiophene rings is 1. The van der Waals surface area contributed by atoms with Crippen LogP contribution >= 0.6 is 11.3 Å². The van der Waals surface area contributed by atoms with Crippen molar-refractivity contribution in [2.75, 3.05) is 0 Å². The van der Waals surface area contributed by atoms with Gasteiger partial charge in [-0.1, -0.05) is 153 Å². The minimum atomic E-state index is -2.12. The zero-order valence-electron chi connectivity index (χ0n) is 29.8. The molecule has 7 aromatic carbocycles. The van der Waals surface area contributed by atoms with Crippen LogP contribution in [-0.4, -0.2) is 18.0 Å². The molecule has 0 atom stereocenters. The Morgan fingerprint density at radius 2 is 1.13 bits per heavy atom. The van der Waals surface area contributed by atoms with E-state index < -0.39 is 8.07 Å². The highest BCUT2D eigenvalue weighted by Crippen LogP contribution is 2.42. The van der Waals surface area contributed by atoms with Gasteiger partial charge in [0.15, 0.2) is 11.5 Å². The zero-order valence-corrected chi connectivity index (χ0v) is 31.7. The Morgan fingerprint density at radius 3 is 1.93 bits per heavy atom. The molecule has 0 spiro atoms. The van der Waals surface area contributed by atoms with E-state index in [0.717, 1.165) is 39.2 Å². The standard InChI is InChI=1S/C49H33N3SSi/c1-50-38-25-26-43-42(30-38)40-23-12-22-39(47(40)53-43)35-18-9-16-33(27-35)34-17-11-20-37(29-34)48-51-46(36-19-10-15-32(28-36)31-13-5-4-6-14-31)45-41-21-7-8-24-44(41)54(2,3)49(45)52-48/h4-30H,2-3H3. The molecule has 1 aliphatic heterocycles. The first kappa shape index (κ1) is 32.2. The maximum absolute atomic E-state index is 7.52. The molecule has 254 valence electrons. The van der Waals surface area contributed by atoms with Crippen LogP contribution in [0, 0.1) is 6.57 Å². The minimum absolute atomic E-state index is 0.671. The number of nitrogens with zero attached hydrogens (tertiary/aromatic N) is 3. The van der Waals surface area contributed by atoms with Gasteiger partial charge < -0.3 is 0 Å². The van der Waals surface area contributed by atoms with Crippen molar-refractivity contribution in [3.8, 4) is 67.2 Å². The van der Waals surface area contributed by atoms with Crippen molar-refractivity contribution in [2.24, 2.45) is 0 Å². The van der Waals surface area contributed by atoms with Gasteiger partial charge in [0.2, 0.25) is 0 Å². The number of hydrogen-bond acceptors (Lipinski definition) is 3. The molecular weight excluding hydrogens is 691 g/mol. The second-order valence-corrected chi connectivity index (χ2v) is 19.8. The van der Waals surface area contributed by atoms with Gasteiger partial charge in [0.25, 0.3) is 0 Å². The number of aromatic nitrogens is 2. The molecule has 0 radical (unpaired) electrons. The molecule has 9 aromatic rings. The van der Waals surface area contributed by atoms with Gasteiger partial charge in [-0.15, -0.1) is 11.3 Å². The summed E-state index contributed by atoms with van der Waals surface area (Å²) >= 11 is 1.79. The van der Waals surface area contributed by atoms with Crippen LogP contribution in [0.15, 0.2) is 164 Å². The van der Waals surface area contributed by atoms with E-state index in [-0.39, 0.29) is 0 Å². The molecule has 0 saturated heterocycles. The molecule has 0 N–H and O–H groups in total. The van der Waals surface area contributed by atoms with Crippen LogP contribution in [0.4, 0.5) is 5.69 Å². The molecule has 0 fully saturated rings. The fourth-order valence-electron chi connectivity index (χ4n) is 8.14. The van der Waals surface area contributed by atoms with Crippen molar-refractivity contribution in [1.82, 2.24) is 9.97 Å². The number of benzene rings is 7. The average molecular weight is 724 g/mol. The Labute approximate surface area is 319 Å². The molecule has 0 bridgehead atoms. The normalized spacial score (nSPS) is 12.8. The van der Waals surface area contributed by atoms with Crippen molar-refractivity contribution in [1.29, 1.82) is 0 Å². The quantitative estimate of drug-likeness (QED) is 0.131. The Bertz CT molecular complexity index is 2990. The number of hydrogen-bond donors (Lipinski definition) is 0. The van der Waals surface area contributed by atoms with E-state index in [4.69, 9.17) is 16.5 Å². The Kier molecular flexibility index (Phi) is 7.52. The molecule has 0 saturated carbocycles. The first-order chi connectivity index (χ1) is 26.5. The fourth-order valence-corrected chi connectivity index (χ4v) is 12.3. The monoisotopic (exact) mass is 723 g/mol. The van der Waals surface area contributed by atoms with Crippen molar-refractivity contribution >= 4 is 55.8 Å². The predicted octanol–water partition coefficient (Wildman–Crippen LogP) is 12.5. The van der Waals surface area contributed by atoms with E-state index in [0.29, 0.717) is 5.69 Å². The maximum atomic E-state index is 7.52. The first-order valence-electron chi connectivity index (χ1n) is 18.2. The third-order valence-electron chi connectivity index (χ3n) is 10.9. The van der Waals surface area contributed by atoms with Gasteiger partial charge in [-0.05, 0) is 79.2 Å². The SMILES string of the molecule is [C-]#[N+]c1ccc2sc3c(-c4cccc(-c5cccc(-c6nc(-c7cccc(-c8ccccc8)c7)c7c(n6)[Si](C)(C)c6ccccc6-7)c5)c4)cccc3c2c1. The van der Waals surface area contributed by atoms with Gasteiger partial charge in [-0.25, -0.2) is 14.8 Å². The van der Waals surface area contributed by atoms with Crippen molar-refractivity contribution in [3.63, 3.8) is 0 Å². The summed E-state index contributed by atoms with van der Waals surface area (Å²) < 4.78 is 2.44. The summed E-state index contributed by atoms with van der Waals surface area (Å²) in [6.45, 7) is 12.4. The lowest BCUT2D eigenvalue weighted by Crippen LogP contribution is -2.50. The van der Waals surface area contributed by atoms with Crippen LogP contribution in [0.3, 0.4) is 0 Å². The topological polar surface area (TPSA) is 30.1 Å². The van der Waals surface area contributed by atoms with Crippen LogP contribution in [0.5, 0.6) is 0 Å². The van der Waals surface area contributed by atoms with Crippen molar-refractivity contribution in [3.05, 3.63) is 175 Å². The van der Waals surface area contributed by atoms with Gasteiger partial charge in [0.1, 0.15) is 8.07 Å². The molecule has 0 amide bonds. The Hall–Kier alpha value is -6.45. The second kappa shape index (κ2) is 12.6. The van der Waals surface area contributed by atoms with E-state index in [9.17, 15) is 0 Å². The van der Waals surface area contributed by atoms with Crippen molar-refractivity contribution < 1.29 is 0 Å². The van der Waals surface area contributed by atoms with E-state index >= 15 is 0 Å². The predicted molar refractivity (Wildman–Crippen MR) is 231 cm³/mol. The van der Waals surface area contributed by atoms with Crippen LogP contribution < -0.4 is 10.5 Å². The number of rotatable bonds is 5. The summed E-state index contributed by atoms with van der Waals surface area (Å²) in [6, 6.07) is 58.2. The molecule has 2 aromatic heterocycles. The second-order valence-electron chi connectivity index (χ2n) is 14.5. The minimum Gasteiger partial charge on any atom is -0.238 e. The highest BCUT2D eigenvalue weighted by molar-refractivity contribution is 7.26. The molecule has 5 heteroatoms. The summed E-state index contributed by atoms with van der Waals surface area (Å²) in [7, 11) is -2.12. The van der Waals surface area contributed by atoms with Crippen LogP contribution in [-0.2, 0) is 0 Å². The largest absolute Gasteiger partial charge is 0.238 e. The Morgan fingerprint density at radius 1 is 0.519 bits per heavy atom. The van der Waals surface area contributed by atoms with Gasteiger partial charge >= 0.3 is 0 Å². The molecule has 0 unspecified atom stereocenters. The summed E-state index contributed by atoms with van der Waals surface area (Å²) in [4.78, 5) is 14.6. The number of fused-ring (bicyclic) bond motifs is 6. The lowest BCUT2D eigenvalue weighted by atomic mass is 9.96. The third kappa shape index (κ3) is 5.22. The molecule has 54 heavy (non-hydrogen) atoms. The fraction of sp³-hybridized carbons (Fsp3) is 0.0408. The highest BCUT2D eigenvalue weighted by Gasteiger charge is 2.41. The van der Waals surface area contributed by atoms with E-state index in [1.807, 2.05) is 12.1 Å². The Balaban J connectivity index is 1.10. The van der Waals surface area contributed by atoms with E-state index in [1.165, 1.54) is 58.7 Å². The third-order valence-corrected chi connectivity index (χ3v) is 15.4. The van der Waals surface area contributed by atoms with Crippen LogP contribution in [0.25, 0.3) is 92.2 Å². The summed E-state index contributed by atoms with van der Waals surface area (Å²) in [6.07, 6.45) is 0. The smallest absolute Gasteiger partial charge is 0.187 e. The van der Waals surface area contributed by atoms with Crippen LogP contribution in [0.2, 0.25) is 13.1 Å². The van der Waals surface area contributed by atoms with Crippen LogP contribution in [0.1, 0.15) is 0 Å². The molecule has 3 heterocycles.